The summed E-state index contributed by atoms with van der Waals surface area (Å²) in [5.74, 6) is 1.41. The lowest BCUT2D eigenvalue weighted by Crippen LogP contribution is -2.38. The Hall–Kier alpha value is -1.82. The molecule has 2 aliphatic rings. The Balaban J connectivity index is 2.47. The Morgan fingerprint density at radius 3 is 2.33 bits per heavy atom. The molecule has 0 saturated carbocycles. The van der Waals surface area contributed by atoms with Gasteiger partial charge in [-0.3, -0.25) is 0 Å². The average Bonchev–Trinajstić information content (AvgIpc) is 2.70. The number of hydrogen-bond donors (Lipinski definition) is 0. The van der Waals surface area contributed by atoms with Gasteiger partial charge < -0.3 is 0 Å². The van der Waals surface area contributed by atoms with Crippen LogP contribution in [0.2, 0.25) is 0 Å². The van der Waals surface area contributed by atoms with Crippen LogP contribution in [0.15, 0.2) is 83.6 Å². The zero-order valence-corrected chi connectivity index (χ0v) is 20.7. The Morgan fingerprint density at radius 2 is 1.83 bits per heavy atom. The number of hydrogen-bond acceptors (Lipinski definition) is 0. The lowest BCUT2D eigenvalue weighted by Gasteiger charge is -2.48. The van der Waals surface area contributed by atoms with Gasteiger partial charge in [0.05, 0.1) is 0 Å². The highest BCUT2D eigenvalue weighted by Gasteiger charge is 2.43. The molecule has 0 fully saturated rings. The van der Waals surface area contributed by atoms with Gasteiger partial charge in [-0.05, 0) is 91.1 Å². The molecule has 0 aromatic rings. The Bertz CT molecular complexity index is 820. The van der Waals surface area contributed by atoms with E-state index in [1.165, 1.54) is 35.1 Å². The van der Waals surface area contributed by atoms with Crippen molar-refractivity contribution in [3.8, 4) is 0 Å². The Kier molecular flexibility index (Phi) is 7.78. The second kappa shape index (κ2) is 9.54. The van der Waals surface area contributed by atoms with E-state index >= 15 is 0 Å². The second-order valence-corrected chi connectivity index (χ2v) is 10.5. The van der Waals surface area contributed by atoms with Gasteiger partial charge >= 0.3 is 0 Å². The summed E-state index contributed by atoms with van der Waals surface area (Å²) in [4.78, 5) is 0. The first-order chi connectivity index (χ1) is 14.0. The van der Waals surface area contributed by atoms with E-state index in [0.29, 0.717) is 5.92 Å². The summed E-state index contributed by atoms with van der Waals surface area (Å²) in [5, 5.41) is 0. The van der Waals surface area contributed by atoms with Crippen molar-refractivity contribution in [1.29, 1.82) is 0 Å². The summed E-state index contributed by atoms with van der Waals surface area (Å²) in [7, 11) is 0. The summed E-state index contributed by atoms with van der Waals surface area (Å²) in [6.45, 7) is 28.7. The van der Waals surface area contributed by atoms with Crippen LogP contribution in [-0.4, -0.2) is 0 Å². The zero-order valence-electron chi connectivity index (χ0n) is 20.7. The standard InChI is InChI=1S/C30H44/c1-11-23(6)28-15-14-26(19-24(28)7)25(12-2)20-30(10,29(8,9)13-3)27-17-21(4)16-22(5)18-27/h11-13,17,19,21-22H,1,3,6,14-16,18,20H2,2,4-5,7-10H3. The predicted octanol–water partition coefficient (Wildman–Crippen LogP) is 9.31. The maximum absolute atomic E-state index is 4.24. The van der Waals surface area contributed by atoms with Crippen molar-refractivity contribution in [1.82, 2.24) is 0 Å². The van der Waals surface area contributed by atoms with Gasteiger partial charge in [0.15, 0.2) is 0 Å². The van der Waals surface area contributed by atoms with Crippen molar-refractivity contribution in [2.75, 3.05) is 0 Å². The third kappa shape index (κ3) is 4.90. The minimum atomic E-state index is 0.0201. The van der Waals surface area contributed by atoms with Crippen LogP contribution in [0.5, 0.6) is 0 Å². The highest BCUT2D eigenvalue weighted by molar-refractivity contribution is 5.50. The lowest BCUT2D eigenvalue weighted by atomic mass is 9.56. The molecular formula is C30H44. The average molecular weight is 405 g/mol. The minimum absolute atomic E-state index is 0.0201. The van der Waals surface area contributed by atoms with Crippen LogP contribution in [-0.2, 0) is 0 Å². The molecular weight excluding hydrogens is 360 g/mol. The van der Waals surface area contributed by atoms with Crippen LogP contribution in [0.25, 0.3) is 0 Å². The van der Waals surface area contributed by atoms with Crippen LogP contribution >= 0.6 is 0 Å². The number of rotatable bonds is 8. The molecule has 0 heteroatoms. The summed E-state index contributed by atoms with van der Waals surface area (Å²) >= 11 is 0. The second-order valence-electron chi connectivity index (χ2n) is 10.5. The van der Waals surface area contributed by atoms with Crippen molar-refractivity contribution in [3.63, 3.8) is 0 Å². The van der Waals surface area contributed by atoms with E-state index < -0.39 is 0 Å². The fraction of sp³-hybridized carbons (Fsp3) is 0.533. The molecule has 0 radical (unpaired) electrons. The number of allylic oxidation sites excluding steroid dienone is 11. The van der Waals surface area contributed by atoms with E-state index in [-0.39, 0.29) is 10.8 Å². The van der Waals surface area contributed by atoms with Crippen LogP contribution < -0.4 is 0 Å². The molecule has 0 amide bonds. The van der Waals surface area contributed by atoms with E-state index in [1.807, 2.05) is 6.08 Å². The predicted molar refractivity (Wildman–Crippen MR) is 135 cm³/mol. The molecule has 0 aromatic heterocycles. The maximum atomic E-state index is 4.24. The molecule has 2 aliphatic carbocycles. The highest BCUT2D eigenvalue weighted by Crippen LogP contribution is 2.54. The molecule has 0 nitrogen and oxygen atoms in total. The fourth-order valence-electron chi connectivity index (χ4n) is 5.41. The molecule has 0 aromatic carbocycles. The van der Waals surface area contributed by atoms with Gasteiger partial charge in [0, 0.05) is 5.41 Å². The largest absolute Gasteiger partial charge is 0.103 e. The fourth-order valence-corrected chi connectivity index (χ4v) is 5.41. The molecule has 0 heterocycles. The lowest BCUT2D eigenvalue weighted by molar-refractivity contribution is 0.170. The Labute approximate surface area is 186 Å². The first-order valence-corrected chi connectivity index (χ1v) is 11.7. The van der Waals surface area contributed by atoms with Crippen molar-refractivity contribution < 1.29 is 0 Å². The first kappa shape index (κ1) is 24.4. The quantitative estimate of drug-likeness (QED) is 0.279. The molecule has 0 N–H and O–H groups in total. The third-order valence-electron chi connectivity index (χ3n) is 7.92. The maximum Gasteiger partial charge on any atom is 0.000960 e. The van der Waals surface area contributed by atoms with Crippen molar-refractivity contribution in [2.45, 2.75) is 80.6 Å². The van der Waals surface area contributed by atoms with E-state index in [1.54, 1.807) is 5.57 Å². The molecule has 0 saturated heterocycles. The van der Waals surface area contributed by atoms with E-state index in [0.717, 1.165) is 30.8 Å². The van der Waals surface area contributed by atoms with Gasteiger partial charge in [0.1, 0.15) is 0 Å². The van der Waals surface area contributed by atoms with Gasteiger partial charge in [-0.2, -0.15) is 0 Å². The van der Waals surface area contributed by atoms with Gasteiger partial charge in [0.25, 0.3) is 0 Å². The van der Waals surface area contributed by atoms with Crippen LogP contribution in [0.1, 0.15) is 80.6 Å². The molecule has 2 rings (SSSR count). The summed E-state index contributed by atoms with van der Waals surface area (Å²) in [6, 6.07) is 0. The smallest absolute Gasteiger partial charge is 0.000960 e. The molecule has 164 valence electrons. The Morgan fingerprint density at radius 1 is 1.17 bits per heavy atom. The van der Waals surface area contributed by atoms with Gasteiger partial charge in [0.2, 0.25) is 0 Å². The summed E-state index contributed by atoms with van der Waals surface area (Å²) < 4.78 is 0. The SMILES string of the molecule is C=CC(=C)C1=C(C)C=C(C(=CC)CC(C)(C2=CC(C)CC(C)C2)C(C)(C)C=C)CC1. The van der Waals surface area contributed by atoms with E-state index in [2.05, 4.69) is 92.5 Å². The van der Waals surface area contributed by atoms with Crippen molar-refractivity contribution >= 4 is 0 Å². The van der Waals surface area contributed by atoms with Crippen molar-refractivity contribution in [2.24, 2.45) is 22.7 Å². The topological polar surface area (TPSA) is 0 Å². The van der Waals surface area contributed by atoms with Gasteiger partial charge in [-0.25, -0.2) is 0 Å². The zero-order chi connectivity index (χ0) is 22.7. The summed E-state index contributed by atoms with van der Waals surface area (Å²) in [6.07, 6.45) is 17.1. The van der Waals surface area contributed by atoms with Gasteiger partial charge in [-0.15, -0.1) is 6.58 Å². The summed E-state index contributed by atoms with van der Waals surface area (Å²) in [5.41, 5.74) is 8.44. The first-order valence-electron chi connectivity index (χ1n) is 11.7. The van der Waals surface area contributed by atoms with E-state index in [9.17, 15) is 0 Å². The molecule has 3 atom stereocenters. The molecule has 0 spiro atoms. The monoisotopic (exact) mass is 404 g/mol. The molecule has 0 aliphatic heterocycles. The highest BCUT2D eigenvalue weighted by atomic mass is 14.5. The van der Waals surface area contributed by atoms with Gasteiger partial charge in [-0.1, -0.05) is 83.7 Å². The molecule has 30 heavy (non-hydrogen) atoms. The third-order valence-corrected chi connectivity index (χ3v) is 7.92. The van der Waals surface area contributed by atoms with Crippen LogP contribution in [0.4, 0.5) is 0 Å². The van der Waals surface area contributed by atoms with Crippen molar-refractivity contribution in [3.05, 3.63) is 83.6 Å². The van der Waals surface area contributed by atoms with Crippen LogP contribution in [0, 0.1) is 22.7 Å². The minimum Gasteiger partial charge on any atom is -0.103 e. The molecule has 3 unspecified atom stereocenters. The van der Waals surface area contributed by atoms with E-state index in [4.69, 9.17) is 0 Å². The molecule has 0 bridgehead atoms. The van der Waals surface area contributed by atoms with Crippen LogP contribution in [0.3, 0.4) is 0 Å². The normalized spacial score (nSPS) is 25.2.